The number of carbonyl (C=O) groups is 2. The molecule has 0 aromatic carbocycles. The molecule has 1 heterocycles. The highest BCUT2D eigenvalue weighted by Gasteiger charge is 2.11. The third kappa shape index (κ3) is 4.35. The lowest BCUT2D eigenvalue weighted by molar-refractivity contribution is -0.120. The van der Waals surface area contributed by atoms with Gasteiger partial charge in [0, 0.05) is 6.04 Å². The van der Waals surface area contributed by atoms with Crippen molar-refractivity contribution in [2.45, 2.75) is 19.9 Å². The third-order valence-corrected chi connectivity index (χ3v) is 2.46. The summed E-state index contributed by atoms with van der Waals surface area (Å²) in [6, 6.07) is 3.36. The Morgan fingerprint density at radius 1 is 1.30 bits per heavy atom. The largest absolute Gasteiger partial charge is 0.352 e. The zero-order valence-electron chi connectivity index (χ0n) is 11.8. The van der Waals surface area contributed by atoms with E-state index in [0.29, 0.717) is 5.69 Å². The fourth-order valence-electron chi connectivity index (χ4n) is 1.57. The Labute approximate surface area is 118 Å². The van der Waals surface area contributed by atoms with Crippen LogP contribution in [0, 0.1) is 0 Å². The first-order valence-corrected chi connectivity index (χ1v) is 6.31. The van der Waals surface area contributed by atoms with Crippen molar-refractivity contribution >= 4 is 24.0 Å². The summed E-state index contributed by atoms with van der Waals surface area (Å²) < 4.78 is 0. The highest BCUT2D eigenvalue weighted by atomic mass is 16.2. The predicted molar refractivity (Wildman–Crippen MR) is 80.0 cm³/mol. The zero-order chi connectivity index (χ0) is 15.1. The molecule has 20 heavy (non-hydrogen) atoms. The number of nitrogens with one attached hydrogen (secondary N) is 2. The fraction of sp³-hybridized carbons (Fsp3) is 0.267. The van der Waals surface area contributed by atoms with Crippen molar-refractivity contribution in [3.8, 4) is 0 Å². The van der Waals surface area contributed by atoms with E-state index in [1.807, 2.05) is 13.8 Å². The van der Waals surface area contributed by atoms with Gasteiger partial charge in [0.2, 0.25) is 5.91 Å². The summed E-state index contributed by atoms with van der Waals surface area (Å²) in [5, 5.41) is 5.21. The summed E-state index contributed by atoms with van der Waals surface area (Å²) in [5.74, 6) is -0.636. The zero-order valence-corrected chi connectivity index (χ0v) is 11.8. The minimum Gasteiger partial charge on any atom is -0.352 e. The summed E-state index contributed by atoms with van der Waals surface area (Å²) in [5.41, 5.74) is 1.62. The maximum Gasteiger partial charge on any atom is 0.270 e. The van der Waals surface area contributed by atoms with Crippen LogP contribution in [-0.4, -0.2) is 29.4 Å². The summed E-state index contributed by atoms with van der Waals surface area (Å²) in [4.78, 5) is 27.5. The summed E-state index contributed by atoms with van der Waals surface area (Å²) in [6.45, 7) is 10.9. The van der Waals surface area contributed by atoms with E-state index < -0.39 is 5.91 Å². The first-order valence-electron chi connectivity index (χ1n) is 6.31. The molecular weight excluding hydrogens is 254 g/mol. The molecule has 2 N–H and O–H groups in total. The van der Waals surface area contributed by atoms with Gasteiger partial charge in [0.05, 0.1) is 12.2 Å². The molecule has 1 aromatic heterocycles. The van der Waals surface area contributed by atoms with Crippen molar-refractivity contribution in [1.82, 2.24) is 15.6 Å². The average molecular weight is 273 g/mol. The molecule has 5 heteroatoms. The van der Waals surface area contributed by atoms with Crippen molar-refractivity contribution in [2.75, 3.05) is 6.54 Å². The van der Waals surface area contributed by atoms with Crippen LogP contribution in [0.2, 0.25) is 0 Å². The second-order valence-electron chi connectivity index (χ2n) is 4.48. The Morgan fingerprint density at radius 3 is 2.55 bits per heavy atom. The van der Waals surface area contributed by atoms with Crippen LogP contribution in [0.25, 0.3) is 12.2 Å². The summed E-state index contributed by atoms with van der Waals surface area (Å²) >= 11 is 0. The number of carbonyl (C=O) groups excluding carboxylic acids is 2. The van der Waals surface area contributed by atoms with E-state index in [2.05, 4.69) is 28.8 Å². The van der Waals surface area contributed by atoms with Crippen molar-refractivity contribution in [1.29, 1.82) is 0 Å². The van der Waals surface area contributed by atoms with Crippen LogP contribution in [0.3, 0.4) is 0 Å². The van der Waals surface area contributed by atoms with Crippen LogP contribution >= 0.6 is 0 Å². The van der Waals surface area contributed by atoms with E-state index >= 15 is 0 Å². The Balaban J connectivity index is 2.71. The molecular formula is C15H19N3O2. The van der Waals surface area contributed by atoms with E-state index in [4.69, 9.17) is 0 Å². The van der Waals surface area contributed by atoms with Gasteiger partial charge in [-0.05, 0) is 31.6 Å². The maximum atomic E-state index is 11.9. The minimum atomic E-state index is -0.400. The number of aromatic nitrogens is 1. The molecule has 0 bridgehead atoms. The molecule has 0 spiro atoms. The van der Waals surface area contributed by atoms with Crippen LogP contribution in [0.15, 0.2) is 25.3 Å². The van der Waals surface area contributed by atoms with Crippen molar-refractivity contribution in [2.24, 2.45) is 0 Å². The van der Waals surface area contributed by atoms with Gasteiger partial charge in [-0.15, -0.1) is 0 Å². The lowest BCUT2D eigenvalue weighted by atomic mass is 10.1. The number of pyridine rings is 1. The highest BCUT2D eigenvalue weighted by molar-refractivity contribution is 5.95. The molecule has 0 aliphatic heterocycles. The topological polar surface area (TPSA) is 71.1 Å². The van der Waals surface area contributed by atoms with E-state index in [0.717, 1.165) is 5.56 Å². The van der Waals surface area contributed by atoms with Crippen molar-refractivity contribution < 1.29 is 9.59 Å². The van der Waals surface area contributed by atoms with Crippen molar-refractivity contribution in [3.05, 3.63) is 42.2 Å². The van der Waals surface area contributed by atoms with Crippen LogP contribution in [-0.2, 0) is 4.79 Å². The Bertz CT molecular complexity index is 536. The van der Waals surface area contributed by atoms with Gasteiger partial charge in [0.25, 0.3) is 5.91 Å². The lowest BCUT2D eigenvalue weighted by Crippen LogP contribution is -2.40. The maximum absolute atomic E-state index is 11.9. The predicted octanol–water partition coefficient (Wildman–Crippen LogP) is 1.62. The van der Waals surface area contributed by atoms with E-state index in [1.165, 1.54) is 0 Å². The molecule has 0 atom stereocenters. The molecule has 5 nitrogen and oxygen atoms in total. The van der Waals surface area contributed by atoms with Gasteiger partial charge in [-0.2, -0.15) is 0 Å². The van der Waals surface area contributed by atoms with Gasteiger partial charge in [0.15, 0.2) is 0 Å². The van der Waals surface area contributed by atoms with Gasteiger partial charge in [-0.3, -0.25) is 9.59 Å². The second-order valence-corrected chi connectivity index (χ2v) is 4.48. The molecule has 2 amide bonds. The normalized spacial score (nSPS) is 9.95. The standard InChI is InChI=1S/C15H19N3O2/c1-5-11-7-8-13(18-12(11)6-2)15(20)16-9-14(19)17-10(3)4/h5-8,10H,1-2,9H2,3-4H3,(H,16,20)(H,17,19). The van der Waals surface area contributed by atoms with E-state index in [1.54, 1.807) is 24.3 Å². The smallest absolute Gasteiger partial charge is 0.270 e. The SMILES string of the molecule is C=Cc1ccc(C(=O)NCC(=O)NC(C)C)nc1C=C. The first kappa shape index (κ1) is 15.6. The molecule has 0 unspecified atom stereocenters. The fourth-order valence-corrected chi connectivity index (χ4v) is 1.57. The van der Waals surface area contributed by atoms with Gasteiger partial charge >= 0.3 is 0 Å². The van der Waals surface area contributed by atoms with Crippen LogP contribution in [0.1, 0.15) is 35.6 Å². The number of rotatable bonds is 6. The lowest BCUT2D eigenvalue weighted by Gasteiger charge is -2.09. The van der Waals surface area contributed by atoms with Gasteiger partial charge in [-0.1, -0.05) is 25.3 Å². The van der Waals surface area contributed by atoms with E-state index in [-0.39, 0.29) is 24.2 Å². The van der Waals surface area contributed by atoms with Crippen molar-refractivity contribution in [3.63, 3.8) is 0 Å². The number of nitrogens with zero attached hydrogens (tertiary/aromatic N) is 1. The molecule has 106 valence electrons. The monoisotopic (exact) mass is 273 g/mol. The second kappa shape index (κ2) is 7.23. The Kier molecular flexibility index (Phi) is 5.65. The minimum absolute atomic E-state index is 0.0387. The molecule has 0 aliphatic rings. The third-order valence-electron chi connectivity index (χ3n) is 2.46. The molecule has 1 rings (SSSR count). The van der Waals surface area contributed by atoms with Gasteiger partial charge in [-0.25, -0.2) is 4.98 Å². The molecule has 0 saturated carbocycles. The quantitative estimate of drug-likeness (QED) is 0.827. The van der Waals surface area contributed by atoms with Crippen LogP contribution in [0.5, 0.6) is 0 Å². The van der Waals surface area contributed by atoms with Crippen LogP contribution < -0.4 is 10.6 Å². The average Bonchev–Trinajstić information content (AvgIpc) is 2.43. The summed E-state index contributed by atoms with van der Waals surface area (Å²) in [6.07, 6.45) is 3.20. The molecule has 0 saturated heterocycles. The number of hydrogen-bond acceptors (Lipinski definition) is 3. The number of amides is 2. The highest BCUT2D eigenvalue weighted by Crippen LogP contribution is 2.10. The van der Waals surface area contributed by atoms with E-state index in [9.17, 15) is 9.59 Å². The molecule has 0 fully saturated rings. The summed E-state index contributed by atoms with van der Waals surface area (Å²) in [7, 11) is 0. The van der Waals surface area contributed by atoms with Gasteiger partial charge < -0.3 is 10.6 Å². The molecule has 1 aromatic rings. The molecule has 0 radical (unpaired) electrons. The first-order chi connectivity index (χ1) is 9.47. The van der Waals surface area contributed by atoms with Crippen LogP contribution in [0.4, 0.5) is 0 Å². The Hall–Kier alpha value is -2.43. The molecule has 0 aliphatic carbocycles. The number of hydrogen-bond donors (Lipinski definition) is 2. The van der Waals surface area contributed by atoms with Gasteiger partial charge in [0.1, 0.15) is 5.69 Å². The Morgan fingerprint density at radius 2 is 2.00 bits per heavy atom.